The largest absolute Gasteiger partial charge is 1.00 e. The van der Waals surface area contributed by atoms with Crippen LogP contribution in [0.25, 0.3) is 10.9 Å². The van der Waals surface area contributed by atoms with Crippen molar-refractivity contribution in [2.24, 2.45) is 0 Å². The summed E-state index contributed by atoms with van der Waals surface area (Å²) in [5.41, 5.74) is 1.86. The summed E-state index contributed by atoms with van der Waals surface area (Å²) in [6.45, 7) is 1.84. The zero-order valence-electron chi connectivity index (χ0n) is 11.0. The van der Waals surface area contributed by atoms with Gasteiger partial charge >= 0.3 is 74.9 Å². The van der Waals surface area contributed by atoms with Gasteiger partial charge in [-0.25, -0.2) is 9.97 Å². The third kappa shape index (κ3) is 4.99. The van der Waals surface area contributed by atoms with Gasteiger partial charge in [0.1, 0.15) is 5.82 Å². The van der Waals surface area contributed by atoms with Gasteiger partial charge in [0.2, 0.25) is 0 Å². The van der Waals surface area contributed by atoms with Crippen LogP contribution in [-0.2, 0) is 11.2 Å². The fourth-order valence-electron chi connectivity index (χ4n) is 1.57. The van der Waals surface area contributed by atoms with Gasteiger partial charge in [0.25, 0.3) is 0 Å². The first-order valence-electron chi connectivity index (χ1n) is 5.09. The number of rotatable bonds is 3. The second-order valence-corrected chi connectivity index (χ2v) is 3.70. The first-order chi connectivity index (χ1) is 7.65. The average Bonchev–Trinajstić information content (AvgIpc) is 2.25. The smallest absolute Gasteiger partial charge is 0.481 e. The molecule has 0 bridgehead atoms. The van der Waals surface area contributed by atoms with Gasteiger partial charge < -0.3 is 12.5 Å². The Morgan fingerprint density at radius 2 is 2.11 bits per heavy atom. The Morgan fingerprint density at radius 3 is 2.78 bits per heavy atom. The van der Waals surface area contributed by atoms with Crippen molar-refractivity contribution in [3.63, 3.8) is 0 Å². The molecule has 90 valence electrons. The predicted octanol–water partition coefficient (Wildman–Crippen LogP) is -0.590. The molecule has 2 rings (SSSR count). The molecule has 0 spiro atoms. The van der Waals surface area contributed by atoms with E-state index in [9.17, 15) is 4.79 Å². The summed E-state index contributed by atoms with van der Waals surface area (Å²) in [6.07, 6.45) is 2.46. The van der Waals surface area contributed by atoms with E-state index in [0.717, 1.165) is 22.3 Å². The third-order valence-electron chi connectivity index (χ3n) is 2.40. The number of carboxylic acid groups (broad SMARTS) is 1. The molecule has 4 nitrogen and oxygen atoms in total. The Morgan fingerprint density at radius 1 is 1.39 bits per heavy atom. The van der Waals surface area contributed by atoms with Crippen LogP contribution in [-0.4, -0.2) is 21.0 Å². The maximum Gasteiger partial charge on any atom is 1.00 e. The molecule has 0 aliphatic heterocycles. The van der Waals surface area contributed by atoms with Crippen molar-refractivity contribution in [1.82, 2.24) is 9.97 Å². The van der Waals surface area contributed by atoms with Gasteiger partial charge in [-0.05, 0) is 25.0 Å². The minimum Gasteiger partial charge on any atom is -0.481 e. The van der Waals surface area contributed by atoms with Gasteiger partial charge in [-0.2, -0.15) is 0 Å². The Balaban J connectivity index is 0.00000144. The van der Waals surface area contributed by atoms with Gasteiger partial charge in [0, 0.05) is 18.0 Å². The Hall–Kier alpha value is 0.0819. The predicted molar refractivity (Wildman–Crippen MR) is 66.6 cm³/mol. The molecule has 0 unspecified atom stereocenters. The number of benzene rings is 1. The van der Waals surface area contributed by atoms with Crippen LogP contribution in [0.3, 0.4) is 0 Å². The van der Waals surface area contributed by atoms with Crippen molar-refractivity contribution in [2.45, 2.75) is 19.8 Å². The van der Waals surface area contributed by atoms with Crippen LogP contribution in [0.1, 0.15) is 17.8 Å². The summed E-state index contributed by atoms with van der Waals surface area (Å²) >= 11 is 0. The number of hydrogen-bond donors (Lipinski definition) is 1. The van der Waals surface area contributed by atoms with Crippen LogP contribution in [0, 0.1) is 14.4 Å². The van der Waals surface area contributed by atoms with Gasteiger partial charge in [-0.15, -0.1) is 0 Å². The van der Waals surface area contributed by atoms with E-state index in [-0.39, 0.29) is 82.7 Å². The normalized spacial score (nSPS) is 9.39. The molecule has 1 heterocycles. The molecule has 0 fully saturated rings. The van der Waals surface area contributed by atoms with Crippen LogP contribution < -0.4 is 68.9 Å². The van der Waals surface area contributed by atoms with Crippen LogP contribution in [0.5, 0.6) is 0 Å². The van der Waals surface area contributed by atoms with Crippen LogP contribution in [0.15, 0.2) is 24.4 Å². The summed E-state index contributed by atoms with van der Waals surface area (Å²) < 4.78 is 0. The number of nitrogens with zero attached hydrogens (tertiary/aromatic N) is 2. The zero-order chi connectivity index (χ0) is 11.5. The summed E-state index contributed by atoms with van der Waals surface area (Å²) in [6, 6.07) is 5.77. The Labute approximate surface area is 166 Å². The van der Waals surface area contributed by atoms with Crippen LogP contribution >= 0.6 is 0 Å². The molecule has 5 heteroatoms. The number of hydrogen-bond acceptors (Lipinski definition) is 3. The van der Waals surface area contributed by atoms with Gasteiger partial charge in [0.05, 0.1) is 5.52 Å². The van der Waals surface area contributed by atoms with E-state index >= 15 is 0 Å². The summed E-state index contributed by atoms with van der Waals surface area (Å²) in [5, 5.41) is 9.58. The minimum atomic E-state index is -0.779. The molecule has 1 N–H and O–H groups in total. The Bertz CT molecular complexity index is 544. The van der Waals surface area contributed by atoms with Crippen LogP contribution in [0.4, 0.5) is 0 Å². The van der Waals surface area contributed by atoms with E-state index in [2.05, 4.69) is 9.97 Å². The Kier molecular flexibility index (Phi) is 8.33. The monoisotopic (exact) mass is 364 g/mol. The van der Waals surface area contributed by atoms with Crippen molar-refractivity contribution in [1.29, 1.82) is 0 Å². The minimum absolute atomic E-state index is 0. The number of aromatic nitrogens is 2. The van der Waals surface area contributed by atoms with Crippen molar-refractivity contribution in [2.75, 3.05) is 0 Å². The second-order valence-electron chi connectivity index (χ2n) is 3.70. The maximum atomic E-state index is 10.5. The third-order valence-corrected chi connectivity index (χ3v) is 2.40. The van der Waals surface area contributed by atoms with Crippen molar-refractivity contribution in [3.8, 4) is 0 Å². The van der Waals surface area contributed by atoms with E-state index in [1.54, 1.807) is 6.20 Å². The van der Waals surface area contributed by atoms with E-state index in [0.29, 0.717) is 6.42 Å². The molecule has 0 aliphatic carbocycles. The van der Waals surface area contributed by atoms with E-state index in [1.165, 1.54) is 0 Å². The molecule has 2 aromatic rings. The van der Waals surface area contributed by atoms with Crippen molar-refractivity contribution < 1.29 is 78.8 Å². The molecule has 0 aliphatic rings. The maximum absolute atomic E-state index is 10.5. The molecule has 18 heavy (non-hydrogen) atoms. The molecule has 0 atom stereocenters. The fraction of sp³-hybridized carbons (Fsp3) is 0.231. The fourth-order valence-corrected chi connectivity index (χ4v) is 1.57. The quantitative estimate of drug-likeness (QED) is 0.740. The van der Waals surface area contributed by atoms with E-state index in [4.69, 9.17) is 5.11 Å². The van der Waals surface area contributed by atoms with E-state index in [1.807, 2.05) is 25.1 Å². The molecule has 1 aromatic heterocycles. The second kappa shape index (κ2) is 8.29. The molecule has 0 saturated carbocycles. The SMILES string of the molecule is Cc1ncc2ccc(CCC(=O)O)cc2n1.[CH3-].[Cs+]. The number of carbonyl (C=O) groups is 1. The van der Waals surface area contributed by atoms with E-state index < -0.39 is 5.97 Å². The van der Waals surface area contributed by atoms with Crippen molar-refractivity contribution >= 4 is 16.9 Å². The molecular weight excluding hydrogens is 349 g/mol. The summed E-state index contributed by atoms with van der Waals surface area (Å²) in [4.78, 5) is 18.9. The number of aliphatic carboxylic acids is 1. The number of carboxylic acids is 1. The first kappa shape index (κ1) is 18.1. The van der Waals surface area contributed by atoms with Gasteiger partial charge in [-0.3, -0.25) is 4.79 Å². The number of aryl methyl sites for hydroxylation is 2. The van der Waals surface area contributed by atoms with Crippen molar-refractivity contribution in [3.05, 3.63) is 43.2 Å². The molecule has 0 radical (unpaired) electrons. The molecule has 0 saturated heterocycles. The zero-order valence-corrected chi connectivity index (χ0v) is 17.3. The standard InChI is InChI=1S/C12H12N2O2.CH3.Cs/c1-8-13-7-10-4-2-9(3-5-12(15)16)6-11(10)14-8;;/h2,4,6-7H,3,5H2,1H3,(H,15,16);1H3;/q;-1;+1. The number of fused-ring (bicyclic) bond motifs is 1. The average molecular weight is 364 g/mol. The topological polar surface area (TPSA) is 63.1 Å². The molecular formula is C13H15CsN2O2. The summed E-state index contributed by atoms with van der Waals surface area (Å²) in [5.74, 6) is -0.0538. The van der Waals surface area contributed by atoms with Gasteiger partial charge in [-0.1, -0.05) is 12.1 Å². The molecule has 0 amide bonds. The summed E-state index contributed by atoms with van der Waals surface area (Å²) in [7, 11) is 0. The molecule has 1 aromatic carbocycles. The van der Waals surface area contributed by atoms with Gasteiger partial charge in [0.15, 0.2) is 0 Å². The van der Waals surface area contributed by atoms with Crippen LogP contribution in [0.2, 0.25) is 0 Å². The first-order valence-corrected chi connectivity index (χ1v) is 5.09.